The van der Waals surface area contributed by atoms with Crippen LogP contribution in [0.25, 0.3) is 0 Å². The quantitative estimate of drug-likeness (QED) is 0.354. The van der Waals surface area contributed by atoms with E-state index in [2.05, 4.69) is 33.1 Å². The van der Waals surface area contributed by atoms with E-state index >= 15 is 0 Å². The second-order valence-corrected chi connectivity index (χ2v) is 6.57. The van der Waals surface area contributed by atoms with Crippen LogP contribution in [0.4, 0.5) is 0 Å². The largest absolute Gasteiger partial charge is 0.319 e. The molecule has 1 N–H and O–H groups in total. The molecule has 2 atom stereocenters. The molecule has 0 rings (SSSR count). The molecule has 1 heteroatoms. The summed E-state index contributed by atoms with van der Waals surface area (Å²) in [4.78, 5) is 0. The van der Waals surface area contributed by atoms with Crippen LogP contribution in [-0.2, 0) is 0 Å². The van der Waals surface area contributed by atoms with Crippen molar-refractivity contribution in [1.29, 1.82) is 0 Å². The van der Waals surface area contributed by atoms with E-state index < -0.39 is 0 Å². The average Bonchev–Trinajstić information content (AvgIpc) is 2.46. The van der Waals surface area contributed by atoms with Crippen LogP contribution in [-0.4, -0.2) is 13.6 Å². The first-order valence-corrected chi connectivity index (χ1v) is 9.44. The predicted octanol–water partition coefficient (Wildman–Crippen LogP) is 6.18. The zero-order valence-corrected chi connectivity index (χ0v) is 14.8. The van der Waals surface area contributed by atoms with Gasteiger partial charge in [0, 0.05) is 0 Å². The van der Waals surface area contributed by atoms with E-state index in [1.54, 1.807) is 0 Å². The molecule has 0 aromatic heterocycles. The molecule has 0 spiro atoms. The Morgan fingerprint density at radius 3 is 1.65 bits per heavy atom. The third kappa shape index (κ3) is 10.7. The first-order chi connectivity index (χ1) is 9.79. The van der Waals surface area contributed by atoms with Crippen molar-refractivity contribution < 1.29 is 0 Å². The van der Waals surface area contributed by atoms with Gasteiger partial charge >= 0.3 is 0 Å². The molecule has 122 valence electrons. The topological polar surface area (TPSA) is 12.0 Å². The second-order valence-electron chi connectivity index (χ2n) is 6.57. The van der Waals surface area contributed by atoms with Crippen molar-refractivity contribution in [2.45, 2.75) is 97.8 Å². The van der Waals surface area contributed by atoms with Crippen LogP contribution in [0.1, 0.15) is 97.8 Å². The molecule has 0 aliphatic rings. The Labute approximate surface area is 129 Å². The van der Waals surface area contributed by atoms with E-state index in [0.717, 1.165) is 11.8 Å². The van der Waals surface area contributed by atoms with Crippen molar-refractivity contribution in [1.82, 2.24) is 5.32 Å². The van der Waals surface area contributed by atoms with Crippen LogP contribution in [0.2, 0.25) is 0 Å². The van der Waals surface area contributed by atoms with Gasteiger partial charge in [0.1, 0.15) is 0 Å². The van der Waals surface area contributed by atoms with Crippen molar-refractivity contribution in [2.75, 3.05) is 13.6 Å². The summed E-state index contributed by atoms with van der Waals surface area (Å²) in [5.41, 5.74) is 0. The average molecular weight is 284 g/mol. The third-order valence-corrected chi connectivity index (χ3v) is 4.67. The highest BCUT2D eigenvalue weighted by Crippen LogP contribution is 2.28. The molecule has 2 unspecified atom stereocenters. The van der Waals surface area contributed by atoms with Crippen molar-refractivity contribution in [3.8, 4) is 0 Å². The lowest BCUT2D eigenvalue weighted by atomic mass is 9.81. The summed E-state index contributed by atoms with van der Waals surface area (Å²) in [5, 5.41) is 3.45. The highest BCUT2D eigenvalue weighted by atomic mass is 14.8. The van der Waals surface area contributed by atoms with Gasteiger partial charge < -0.3 is 5.32 Å². The Kier molecular flexibility index (Phi) is 15.3. The summed E-state index contributed by atoms with van der Waals surface area (Å²) in [6, 6.07) is 0. The molecule has 0 saturated heterocycles. The van der Waals surface area contributed by atoms with Gasteiger partial charge in [0.05, 0.1) is 0 Å². The molecule has 0 bridgehead atoms. The fraction of sp³-hybridized carbons (Fsp3) is 1.00. The van der Waals surface area contributed by atoms with Crippen molar-refractivity contribution in [2.24, 2.45) is 11.8 Å². The summed E-state index contributed by atoms with van der Waals surface area (Å²) in [7, 11) is 2.12. The van der Waals surface area contributed by atoms with E-state index in [4.69, 9.17) is 0 Å². The lowest BCUT2D eigenvalue weighted by Crippen LogP contribution is -2.26. The molecule has 0 heterocycles. The minimum Gasteiger partial charge on any atom is -0.319 e. The zero-order valence-electron chi connectivity index (χ0n) is 14.8. The number of rotatable bonds is 15. The highest BCUT2D eigenvalue weighted by molar-refractivity contribution is 4.72. The first kappa shape index (κ1) is 20.0. The van der Waals surface area contributed by atoms with Crippen LogP contribution < -0.4 is 5.32 Å². The molecule has 0 radical (unpaired) electrons. The van der Waals surface area contributed by atoms with Crippen LogP contribution in [0.5, 0.6) is 0 Å². The lowest BCUT2D eigenvalue weighted by molar-refractivity contribution is 0.254. The zero-order chi connectivity index (χ0) is 15.1. The minimum atomic E-state index is 0.915. The monoisotopic (exact) mass is 283 g/mol. The Morgan fingerprint density at radius 2 is 1.10 bits per heavy atom. The van der Waals surface area contributed by atoms with E-state index in [1.165, 1.54) is 83.6 Å². The molecule has 20 heavy (non-hydrogen) atoms. The standard InChI is InChI=1S/C19H41N/c1-5-8-11-13-16-18(15-12-9-6-2)19(17-20-4)14-10-7-3/h18-20H,5-17H2,1-4H3. The van der Waals surface area contributed by atoms with Crippen LogP contribution in [0.15, 0.2) is 0 Å². The maximum atomic E-state index is 3.45. The van der Waals surface area contributed by atoms with Gasteiger partial charge in [-0.15, -0.1) is 0 Å². The van der Waals surface area contributed by atoms with Crippen molar-refractivity contribution >= 4 is 0 Å². The van der Waals surface area contributed by atoms with Gasteiger partial charge in [-0.2, -0.15) is 0 Å². The Hall–Kier alpha value is -0.0400. The molecule has 0 fully saturated rings. The van der Waals surface area contributed by atoms with Crippen LogP contribution in [0, 0.1) is 11.8 Å². The van der Waals surface area contributed by atoms with Gasteiger partial charge in [0.25, 0.3) is 0 Å². The number of nitrogens with one attached hydrogen (secondary N) is 1. The Balaban J connectivity index is 4.24. The maximum Gasteiger partial charge on any atom is -0.00209 e. The second kappa shape index (κ2) is 15.4. The Morgan fingerprint density at radius 1 is 0.600 bits per heavy atom. The summed E-state index contributed by atoms with van der Waals surface area (Å²) >= 11 is 0. The maximum absolute atomic E-state index is 3.45. The fourth-order valence-corrected chi connectivity index (χ4v) is 3.34. The van der Waals surface area contributed by atoms with Gasteiger partial charge in [-0.1, -0.05) is 91.4 Å². The minimum absolute atomic E-state index is 0.915. The summed E-state index contributed by atoms with van der Waals surface area (Å²) in [6.07, 6.45) is 17.0. The van der Waals surface area contributed by atoms with Gasteiger partial charge in [-0.3, -0.25) is 0 Å². The summed E-state index contributed by atoms with van der Waals surface area (Å²) < 4.78 is 0. The molecule has 0 aliphatic heterocycles. The van der Waals surface area contributed by atoms with E-state index in [0.29, 0.717) is 0 Å². The number of unbranched alkanes of at least 4 members (excludes halogenated alkanes) is 6. The van der Waals surface area contributed by atoms with E-state index in [1.807, 2.05) is 0 Å². The number of hydrogen-bond acceptors (Lipinski definition) is 1. The van der Waals surface area contributed by atoms with Gasteiger partial charge in [0.2, 0.25) is 0 Å². The lowest BCUT2D eigenvalue weighted by Gasteiger charge is -2.27. The summed E-state index contributed by atoms with van der Waals surface area (Å²) in [5.74, 6) is 1.89. The molecule has 0 aromatic rings. The van der Waals surface area contributed by atoms with E-state index in [9.17, 15) is 0 Å². The van der Waals surface area contributed by atoms with Crippen LogP contribution in [0.3, 0.4) is 0 Å². The SMILES string of the molecule is CCCCCCC(CCCCC)C(CCCC)CNC. The van der Waals surface area contributed by atoms with Crippen molar-refractivity contribution in [3.63, 3.8) is 0 Å². The third-order valence-electron chi connectivity index (χ3n) is 4.67. The molecule has 0 aromatic carbocycles. The fourth-order valence-electron chi connectivity index (χ4n) is 3.34. The first-order valence-electron chi connectivity index (χ1n) is 9.44. The van der Waals surface area contributed by atoms with E-state index in [-0.39, 0.29) is 0 Å². The smallest absolute Gasteiger partial charge is 0.00209 e. The van der Waals surface area contributed by atoms with Gasteiger partial charge in [-0.25, -0.2) is 0 Å². The Bertz CT molecular complexity index is 179. The molecule has 0 aliphatic carbocycles. The molecular formula is C19H41N. The predicted molar refractivity (Wildman–Crippen MR) is 93.3 cm³/mol. The summed E-state index contributed by atoms with van der Waals surface area (Å²) in [6.45, 7) is 8.18. The highest BCUT2D eigenvalue weighted by Gasteiger charge is 2.19. The molecule has 1 nitrogen and oxygen atoms in total. The van der Waals surface area contributed by atoms with Gasteiger partial charge in [-0.05, 0) is 31.8 Å². The van der Waals surface area contributed by atoms with Crippen molar-refractivity contribution in [3.05, 3.63) is 0 Å². The molecule has 0 amide bonds. The van der Waals surface area contributed by atoms with Gasteiger partial charge in [0.15, 0.2) is 0 Å². The molecule has 0 saturated carbocycles. The molecular weight excluding hydrogens is 242 g/mol. The normalized spacial score (nSPS) is 14.4. The van der Waals surface area contributed by atoms with Crippen LogP contribution >= 0.6 is 0 Å². The number of hydrogen-bond donors (Lipinski definition) is 1.